The van der Waals surface area contributed by atoms with Crippen LogP contribution < -0.4 is 9.47 Å². The zero-order chi connectivity index (χ0) is 22.4. The van der Waals surface area contributed by atoms with E-state index >= 15 is 0 Å². The summed E-state index contributed by atoms with van der Waals surface area (Å²) in [6.45, 7) is 2.24. The Balaban J connectivity index is 1.84. The van der Waals surface area contributed by atoms with E-state index in [-0.39, 0.29) is 12.3 Å². The average molecular weight is 526 g/mol. The minimum absolute atomic E-state index is 0.0360. The van der Waals surface area contributed by atoms with Gasteiger partial charge in [0.1, 0.15) is 6.61 Å². The van der Waals surface area contributed by atoms with Crippen molar-refractivity contribution in [2.24, 2.45) is 0 Å². The smallest absolute Gasteiger partial charge is 0.269 e. The van der Waals surface area contributed by atoms with Crippen LogP contribution in [0.25, 0.3) is 11.6 Å². The van der Waals surface area contributed by atoms with Crippen LogP contribution in [0, 0.1) is 31.9 Å². The number of non-ortho nitro benzene ring substituents is 1. The van der Waals surface area contributed by atoms with E-state index in [0.717, 1.165) is 25.8 Å². The molecule has 0 fully saturated rings. The van der Waals surface area contributed by atoms with Crippen molar-refractivity contribution in [3.05, 3.63) is 96.6 Å². The van der Waals surface area contributed by atoms with Crippen molar-refractivity contribution in [3.8, 4) is 17.6 Å². The Morgan fingerprint density at radius 1 is 1.16 bits per heavy atom. The van der Waals surface area contributed by atoms with Gasteiger partial charge in [-0.15, -0.1) is 0 Å². The van der Waals surface area contributed by atoms with Gasteiger partial charge >= 0.3 is 0 Å². The summed E-state index contributed by atoms with van der Waals surface area (Å²) in [5.74, 6) is 1.12. The van der Waals surface area contributed by atoms with E-state index < -0.39 is 4.92 Å². The molecule has 0 radical (unpaired) electrons. The van der Waals surface area contributed by atoms with Crippen LogP contribution in [-0.4, -0.2) is 12.0 Å². The number of hydrogen-bond donors (Lipinski definition) is 0. The lowest BCUT2D eigenvalue weighted by Gasteiger charge is -2.14. The molecule has 0 aliphatic rings. The monoisotopic (exact) mass is 526 g/mol. The van der Waals surface area contributed by atoms with Crippen LogP contribution in [0.15, 0.2) is 60.7 Å². The minimum Gasteiger partial charge on any atom is -0.493 e. The number of ether oxygens (including phenoxy) is 2. The number of nitriles is 1. The standard InChI is InChI=1S/C24H19IN2O4/c1-16-3-7-19(8-4-16)20(14-26)11-18-12-22(25)24(23(13-18)30-2)31-15-17-5-9-21(10-6-17)27(28)29/h3-13H,15H2,1-2H3. The number of benzene rings is 3. The molecule has 0 saturated carbocycles. The zero-order valence-electron chi connectivity index (χ0n) is 17.0. The molecule has 0 N–H and O–H groups in total. The first-order chi connectivity index (χ1) is 14.9. The third-order valence-electron chi connectivity index (χ3n) is 4.58. The van der Waals surface area contributed by atoms with E-state index in [1.165, 1.54) is 12.1 Å². The van der Waals surface area contributed by atoms with Crippen LogP contribution in [0.2, 0.25) is 0 Å². The molecule has 3 aromatic rings. The Hall–Kier alpha value is -3.38. The summed E-state index contributed by atoms with van der Waals surface area (Å²) in [4.78, 5) is 10.4. The van der Waals surface area contributed by atoms with Crippen molar-refractivity contribution in [2.75, 3.05) is 7.11 Å². The normalized spacial score (nSPS) is 11.0. The molecule has 0 aliphatic carbocycles. The molecule has 0 amide bonds. The highest BCUT2D eigenvalue weighted by Crippen LogP contribution is 2.35. The summed E-state index contributed by atoms with van der Waals surface area (Å²) in [6.07, 6.45) is 1.81. The number of rotatable bonds is 7. The predicted octanol–water partition coefficient (Wildman–Crippen LogP) is 6.16. The molecule has 6 nitrogen and oxygen atoms in total. The highest BCUT2D eigenvalue weighted by molar-refractivity contribution is 14.1. The van der Waals surface area contributed by atoms with Gasteiger partial charge in [-0.1, -0.05) is 29.8 Å². The summed E-state index contributed by atoms with van der Waals surface area (Å²) in [7, 11) is 1.56. The van der Waals surface area contributed by atoms with Gasteiger partial charge in [-0.25, -0.2) is 0 Å². The lowest BCUT2D eigenvalue weighted by Crippen LogP contribution is -2.00. The molecule has 31 heavy (non-hydrogen) atoms. The number of nitrogens with zero attached hydrogens (tertiary/aromatic N) is 2. The Morgan fingerprint density at radius 2 is 1.84 bits per heavy atom. The van der Waals surface area contributed by atoms with E-state index in [9.17, 15) is 15.4 Å². The number of methoxy groups -OCH3 is 1. The second-order valence-corrected chi connectivity index (χ2v) is 7.94. The fraction of sp³-hybridized carbons (Fsp3) is 0.125. The van der Waals surface area contributed by atoms with Crippen molar-refractivity contribution in [3.63, 3.8) is 0 Å². The van der Waals surface area contributed by atoms with Crippen LogP contribution in [0.3, 0.4) is 0 Å². The molecule has 0 atom stereocenters. The Morgan fingerprint density at radius 3 is 2.42 bits per heavy atom. The van der Waals surface area contributed by atoms with Gasteiger partial charge in [-0.2, -0.15) is 5.26 Å². The van der Waals surface area contributed by atoms with Crippen molar-refractivity contribution in [1.29, 1.82) is 5.26 Å². The fourth-order valence-corrected chi connectivity index (χ4v) is 3.69. The summed E-state index contributed by atoms with van der Waals surface area (Å²) in [5.41, 5.74) is 4.19. The molecule has 3 rings (SSSR count). The first-order valence-corrected chi connectivity index (χ1v) is 10.4. The maximum atomic E-state index is 10.8. The summed E-state index contributed by atoms with van der Waals surface area (Å²) >= 11 is 2.16. The molecule has 3 aromatic carbocycles. The SMILES string of the molecule is COc1cc(C=C(C#N)c2ccc(C)cc2)cc(I)c1OCc1ccc([N+](=O)[O-])cc1. The van der Waals surface area contributed by atoms with Crippen LogP contribution in [0.1, 0.15) is 22.3 Å². The van der Waals surface area contributed by atoms with Gasteiger partial charge in [0.15, 0.2) is 11.5 Å². The van der Waals surface area contributed by atoms with Gasteiger partial charge < -0.3 is 9.47 Å². The first-order valence-electron chi connectivity index (χ1n) is 9.33. The van der Waals surface area contributed by atoms with E-state index in [2.05, 4.69) is 28.7 Å². The minimum atomic E-state index is -0.436. The van der Waals surface area contributed by atoms with Gasteiger partial charge in [0.25, 0.3) is 5.69 Å². The van der Waals surface area contributed by atoms with Gasteiger partial charge in [-0.3, -0.25) is 10.1 Å². The summed E-state index contributed by atoms with van der Waals surface area (Å²) < 4.78 is 12.3. The van der Waals surface area contributed by atoms with Gasteiger partial charge in [0, 0.05) is 12.1 Å². The second kappa shape index (κ2) is 10.1. The molecule has 0 spiro atoms. The molecule has 7 heteroatoms. The highest BCUT2D eigenvalue weighted by Gasteiger charge is 2.13. The topological polar surface area (TPSA) is 85.4 Å². The molecule has 0 saturated heterocycles. The number of allylic oxidation sites excluding steroid dienone is 1. The summed E-state index contributed by atoms with van der Waals surface area (Å²) in [6, 6.07) is 20.0. The molecule has 0 aliphatic heterocycles. The first kappa shape index (κ1) is 22.3. The molecular weight excluding hydrogens is 507 g/mol. The Labute approximate surface area is 194 Å². The maximum absolute atomic E-state index is 10.8. The van der Waals surface area contributed by atoms with Gasteiger partial charge in [0.2, 0.25) is 0 Å². The van der Waals surface area contributed by atoms with Crippen LogP contribution in [0.5, 0.6) is 11.5 Å². The third-order valence-corrected chi connectivity index (χ3v) is 5.38. The van der Waals surface area contributed by atoms with Crippen molar-refractivity contribution in [1.82, 2.24) is 0 Å². The lowest BCUT2D eigenvalue weighted by molar-refractivity contribution is -0.384. The van der Waals surface area contributed by atoms with E-state index in [0.29, 0.717) is 17.1 Å². The number of nitro groups is 1. The molecule has 0 aromatic heterocycles. The van der Waals surface area contributed by atoms with E-state index in [1.54, 1.807) is 19.2 Å². The van der Waals surface area contributed by atoms with Crippen LogP contribution in [0.4, 0.5) is 5.69 Å². The third kappa shape index (κ3) is 5.61. The number of halogens is 1. The highest BCUT2D eigenvalue weighted by atomic mass is 127. The fourth-order valence-electron chi connectivity index (χ4n) is 2.91. The largest absolute Gasteiger partial charge is 0.493 e. The molecule has 156 valence electrons. The average Bonchev–Trinajstić information content (AvgIpc) is 2.77. The second-order valence-electron chi connectivity index (χ2n) is 6.78. The Kier molecular flexibility index (Phi) is 7.26. The van der Waals surface area contributed by atoms with Gasteiger partial charge in [-0.05, 0) is 76.5 Å². The van der Waals surface area contributed by atoms with Crippen LogP contribution in [-0.2, 0) is 6.61 Å². The van der Waals surface area contributed by atoms with Crippen LogP contribution >= 0.6 is 22.6 Å². The quantitative estimate of drug-likeness (QED) is 0.121. The number of nitro benzene ring substituents is 1. The van der Waals surface area contributed by atoms with E-state index in [4.69, 9.17) is 9.47 Å². The summed E-state index contributed by atoms with van der Waals surface area (Å²) in [5, 5.41) is 20.4. The van der Waals surface area contributed by atoms with Crippen molar-refractivity contribution >= 4 is 39.9 Å². The predicted molar refractivity (Wildman–Crippen MR) is 128 cm³/mol. The number of hydrogen-bond acceptors (Lipinski definition) is 5. The molecule has 0 heterocycles. The molecule has 0 bridgehead atoms. The van der Waals surface area contributed by atoms with Gasteiger partial charge in [0.05, 0.1) is 27.2 Å². The molecular formula is C24H19IN2O4. The number of aryl methyl sites for hydroxylation is 1. The maximum Gasteiger partial charge on any atom is 0.269 e. The van der Waals surface area contributed by atoms with E-state index in [1.807, 2.05) is 49.4 Å². The Bertz CT molecular complexity index is 1160. The zero-order valence-corrected chi connectivity index (χ0v) is 19.1. The molecule has 0 unspecified atom stereocenters. The lowest BCUT2D eigenvalue weighted by atomic mass is 10.0. The van der Waals surface area contributed by atoms with Crippen molar-refractivity contribution in [2.45, 2.75) is 13.5 Å². The van der Waals surface area contributed by atoms with Crippen molar-refractivity contribution < 1.29 is 14.4 Å².